The van der Waals surface area contributed by atoms with Crippen LogP contribution in [0.4, 0.5) is 0 Å². The lowest BCUT2D eigenvalue weighted by atomic mass is 9.97. The van der Waals surface area contributed by atoms with Gasteiger partial charge in [0.25, 0.3) is 0 Å². The molecule has 0 aliphatic carbocycles. The van der Waals surface area contributed by atoms with Crippen LogP contribution in [0, 0.1) is 5.92 Å². The molecule has 0 bridgehead atoms. The first-order valence-electron chi connectivity index (χ1n) is 5.44. The van der Waals surface area contributed by atoms with Gasteiger partial charge < -0.3 is 0 Å². The van der Waals surface area contributed by atoms with Crippen LogP contribution in [-0.4, -0.2) is 30.2 Å². The fraction of sp³-hybridized carbons (Fsp3) is 0.583. The molecule has 2 aliphatic rings. The van der Waals surface area contributed by atoms with E-state index in [-0.39, 0.29) is 0 Å². The summed E-state index contributed by atoms with van der Waals surface area (Å²) in [4.78, 5) is 6.85. The lowest BCUT2D eigenvalue weighted by Gasteiger charge is -2.30. The summed E-state index contributed by atoms with van der Waals surface area (Å²) >= 11 is 0. The fourth-order valence-corrected chi connectivity index (χ4v) is 2.11. The van der Waals surface area contributed by atoms with Crippen molar-refractivity contribution >= 4 is 5.71 Å². The first kappa shape index (κ1) is 9.66. The number of rotatable bonds is 3. The topological polar surface area (TPSA) is 15.6 Å². The van der Waals surface area contributed by atoms with Crippen molar-refractivity contribution in [2.24, 2.45) is 10.9 Å². The van der Waals surface area contributed by atoms with E-state index in [1.54, 1.807) is 0 Å². The molecule has 2 heteroatoms. The van der Waals surface area contributed by atoms with Crippen molar-refractivity contribution in [3.05, 3.63) is 24.9 Å². The standard InChI is InChI=1S/C12H18N2/c1-2-11-5-8-14(9-6-11)10-12-4-3-7-13-12/h2-3,7,11H,1,4-6,8-10H2. The summed E-state index contributed by atoms with van der Waals surface area (Å²) in [6, 6.07) is 0. The van der Waals surface area contributed by atoms with E-state index in [4.69, 9.17) is 0 Å². The molecular weight excluding hydrogens is 172 g/mol. The predicted molar refractivity (Wildman–Crippen MR) is 60.6 cm³/mol. The lowest BCUT2D eigenvalue weighted by molar-refractivity contribution is 0.228. The molecule has 2 rings (SSSR count). The molecule has 2 heterocycles. The van der Waals surface area contributed by atoms with E-state index in [0.717, 1.165) is 18.9 Å². The van der Waals surface area contributed by atoms with E-state index >= 15 is 0 Å². The van der Waals surface area contributed by atoms with Crippen LogP contribution in [0.1, 0.15) is 19.3 Å². The second kappa shape index (κ2) is 4.56. The van der Waals surface area contributed by atoms with Gasteiger partial charge in [-0.2, -0.15) is 0 Å². The minimum absolute atomic E-state index is 0.745. The Morgan fingerprint density at radius 2 is 2.29 bits per heavy atom. The van der Waals surface area contributed by atoms with Gasteiger partial charge in [0.15, 0.2) is 0 Å². The molecule has 1 fully saturated rings. The maximum absolute atomic E-state index is 4.34. The maximum Gasteiger partial charge on any atom is 0.0371 e. The summed E-state index contributed by atoms with van der Waals surface area (Å²) < 4.78 is 0. The highest BCUT2D eigenvalue weighted by Crippen LogP contribution is 2.18. The second-order valence-electron chi connectivity index (χ2n) is 4.13. The van der Waals surface area contributed by atoms with Crippen molar-refractivity contribution in [3.8, 4) is 0 Å². The third kappa shape index (κ3) is 2.32. The molecule has 0 aromatic rings. The zero-order chi connectivity index (χ0) is 9.80. The summed E-state index contributed by atoms with van der Waals surface area (Å²) in [6.45, 7) is 7.33. The number of piperidine rings is 1. The molecule has 14 heavy (non-hydrogen) atoms. The van der Waals surface area contributed by atoms with E-state index < -0.39 is 0 Å². The van der Waals surface area contributed by atoms with Crippen LogP contribution in [0.2, 0.25) is 0 Å². The van der Waals surface area contributed by atoms with Crippen molar-refractivity contribution in [1.29, 1.82) is 0 Å². The van der Waals surface area contributed by atoms with Gasteiger partial charge in [-0.3, -0.25) is 9.89 Å². The highest BCUT2D eigenvalue weighted by atomic mass is 15.1. The zero-order valence-corrected chi connectivity index (χ0v) is 8.65. The molecule has 0 aromatic carbocycles. The Labute approximate surface area is 86.0 Å². The number of nitrogens with zero attached hydrogens (tertiary/aromatic N) is 2. The molecule has 0 unspecified atom stereocenters. The van der Waals surface area contributed by atoms with Gasteiger partial charge in [-0.15, -0.1) is 6.58 Å². The van der Waals surface area contributed by atoms with E-state index in [0.29, 0.717) is 0 Å². The molecular formula is C12H18N2. The molecule has 0 N–H and O–H groups in total. The molecule has 0 atom stereocenters. The molecule has 2 aliphatic heterocycles. The Morgan fingerprint density at radius 3 is 2.86 bits per heavy atom. The maximum atomic E-state index is 4.34. The number of hydrogen-bond donors (Lipinski definition) is 0. The second-order valence-corrected chi connectivity index (χ2v) is 4.13. The molecule has 1 saturated heterocycles. The quantitative estimate of drug-likeness (QED) is 0.623. The van der Waals surface area contributed by atoms with Crippen LogP contribution in [0.5, 0.6) is 0 Å². The summed E-state index contributed by atoms with van der Waals surface area (Å²) in [5, 5.41) is 0. The monoisotopic (exact) mass is 190 g/mol. The summed E-state index contributed by atoms with van der Waals surface area (Å²) in [7, 11) is 0. The van der Waals surface area contributed by atoms with Crippen molar-refractivity contribution in [2.45, 2.75) is 19.3 Å². The Morgan fingerprint density at radius 1 is 1.50 bits per heavy atom. The Balaban J connectivity index is 1.75. The zero-order valence-electron chi connectivity index (χ0n) is 8.65. The van der Waals surface area contributed by atoms with E-state index in [9.17, 15) is 0 Å². The molecule has 0 spiro atoms. The van der Waals surface area contributed by atoms with Gasteiger partial charge in [0, 0.05) is 24.9 Å². The molecule has 2 nitrogen and oxygen atoms in total. The van der Waals surface area contributed by atoms with Gasteiger partial charge in [0.2, 0.25) is 0 Å². The molecule has 76 valence electrons. The van der Waals surface area contributed by atoms with Crippen molar-refractivity contribution in [3.63, 3.8) is 0 Å². The minimum atomic E-state index is 0.745. The largest absolute Gasteiger partial charge is 0.298 e. The van der Waals surface area contributed by atoms with Gasteiger partial charge in [-0.25, -0.2) is 0 Å². The number of likely N-dealkylation sites (tertiary alicyclic amines) is 1. The summed E-state index contributed by atoms with van der Waals surface area (Å²) in [5.74, 6) is 0.745. The first-order chi connectivity index (χ1) is 6.88. The SMILES string of the molecule is C=CC1CCN(CC2=NC=CC2)CC1. The minimum Gasteiger partial charge on any atom is -0.298 e. The van der Waals surface area contributed by atoms with Crippen LogP contribution in [0.25, 0.3) is 0 Å². The Bertz CT molecular complexity index is 257. The van der Waals surface area contributed by atoms with Gasteiger partial charge >= 0.3 is 0 Å². The van der Waals surface area contributed by atoms with Crippen LogP contribution in [0.3, 0.4) is 0 Å². The fourth-order valence-electron chi connectivity index (χ4n) is 2.11. The van der Waals surface area contributed by atoms with Crippen LogP contribution in [-0.2, 0) is 0 Å². The van der Waals surface area contributed by atoms with Crippen molar-refractivity contribution in [1.82, 2.24) is 4.90 Å². The average molecular weight is 190 g/mol. The van der Waals surface area contributed by atoms with E-state index in [1.165, 1.54) is 31.6 Å². The molecule has 0 aromatic heterocycles. The smallest absolute Gasteiger partial charge is 0.0371 e. The first-order valence-corrected chi connectivity index (χ1v) is 5.44. The average Bonchev–Trinajstić information content (AvgIpc) is 2.72. The van der Waals surface area contributed by atoms with Crippen molar-refractivity contribution < 1.29 is 0 Å². The summed E-state index contributed by atoms with van der Waals surface area (Å²) in [5.41, 5.74) is 1.32. The summed E-state index contributed by atoms with van der Waals surface area (Å²) in [6.07, 6.45) is 9.75. The molecule has 0 radical (unpaired) electrons. The highest BCUT2D eigenvalue weighted by Gasteiger charge is 2.17. The Hall–Kier alpha value is -0.890. The van der Waals surface area contributed by atoms with Gasteiger partial charge in [-0.1, -0.05) is 12.2 Å². The Kier molecular flexibility index (Phi) is 3.14. The van der Waals surface area contributed by atoms with Crippen molar-refractivity contribution in [2.75, 3.05) is 19.6 Å². The molecule has 0 amide bonds. The lowest BCUT2D eigenvalue weighted by Crippen LogP contribution is -2.36. The number of hydrogen-bond acceptors (Lipinski definition) is 2. The third-order valence-corrected chi connectivity index (χ3v) is 3.09. The highest BCUT2D eigenvalue weighted by molar-refractivity contribution is 5.89. The van der Waals surface area contributed by atoms with Gasteiger partial charge in [0.1, 0.15) is 0 Å². The number of aliphatic imine (C=N–C) groups is 1. The number of allylic oxidation sites excluding steroid dienone is 2. The van der Waals surface area contributed by atoms with Crippen LogP contribution >= 0.6 is 0 Å². The van der Waals surface area contributed by atoms with Crippen LogP contribution < -0.4 is 0 Å². The van der Waals surface area contributed by atoms with E-state index in [1.807, 2.05) is 6.20 Å². The molecule has 0 saturated carbocycles. The van der Waals surface area contributed by atoms with Crippen LogP contribution in [0.15, 0.2) is 29.9 Å². The normalized spacial score (nSPS) is 23.9. The van der Waals surface area contributed by atoms with Gasteiger partial charge in [-0.05, 0) is 31.8 Å². The third-order valence-electron chi connectivity index (χ3n) is 3.09. The van der Waals surface area contributed by atoms with E-state index in [2.05, 4.69) is 28.6 Å². The predicted octanol–water partition coefficient (Wildman–Crippen LogP) is 2.24. The van der Waals surface area contributed by atoms with Gasteiger partial charge in [0.05, 0.1) is 0 Å².